The van der Waals surface area contributed by atoms with Gasteiger partial charge in [-0.05, 0) is 51.0 Å². The maximum atomic E-state index is 6.33. The molecule has 0 fully saturated rings. The first-order chi connectivity index (χ1) is 9.11. The van der Waals surface area contributed by atoms with Crippen molar-refractivity contribution >= 4 is 11.8 Å². The van der Waals surface area contributed by atoms with Gasteiger partial charge < -0.3 is 5.73 Å². The molecule has 0 amide bonds. The van der Waals surface area contributed by atoms with Crippen LogP contribution in [0.5, 0.6) is 0 Å². The highest BCUT2D eigenvalue weighted by molar-refractivity contribution is 7.98. The molecule has 0 radical (unpaired) electrons. The van der Waals surface area contributed by atoms with Crippen LogP contribution in [0.15, 0.2) is 24.4 Å². The fraction of sp³-hybridized carbons (Fsp3) is 0.667. The SMILES string of the molecule is CCC(N)C(c1ccccn1)N(C)C(C)CCSC. The summed E-state index contributed by atoms with van der Waals surface area (Å²) >= 11 is 1.90. The number of nitrogens with zero attached hydrogens (tertiary/aromatic N) is 2. The monoisotopic (exact) mass is 281 g/mol. The molecule has 0 bridgehead atoms. The molecule has 0 aliphatic rings. The molecule has 1 aromatic rings. The van der Waals surface area contributed by atoms with Crippen LogP contribution in [0.4, 0.5) is 0 Å². The lowest BCUT2D eigenvalue weighted by Crippen LogP contribution is -2.43. The molecule has 3 nitrogen and oxygen atoms in total. The number of likely N-dealkylation sites (N-methyl/N-ethyl adjacent to an activating group) is 1. The minimum absolute atomic E-state index is 0.122. The summed E-state index contributed by atoms with van der Waals surface area (Å²) in [7, 11) is 2.17. The van der Waals surface area contributed by atoms with Crippen LogP contribution >= 0.6 is 11.8 Å². The second kappa shape index (κ2) is 8.56. The van der Waals surface area contributed by atoms with E-state index in [0.717, 1.165) is 12.1 Å². The number of pyridine rings is 1. The van der Waals surface area contributed by atoms with Gasteiger partial charge in [-0.2, -0.15) is 11.8 Å². The lowest BCUT2D eigenvalue weighted by Gasteiger charge is -2.36. The predicted octanol–water partition coefficient (Wildman–Crippen LogP) is 2.93. The van der Waals surface area contributed by atoms with E-state index in [9.17, 15) is 0 Å². The van der Waals surface area contributed by atoms with Gasteiger partial charge in [0.15, 0.2) is 0 Å². The fourth-order valence-corrected chi connectivity index (χ4v) is 2.85. The number of thioether (sulfide) groups is 1. The largest absolute Gasteiger partial charge is 0.326 e. The third-order valence-corrected chi connectivity index (χ3v) is 4.39. The van der Waals surface area contributed by atoms with Crippen molar-refractivity contribution in [3.63, 3.8) is 0 Å². The Morgan fingerprint density at radius 3 is 2.68 bits per heavy atom. The van der Waals surface area contributed by atoms with Gasteiger partial charge in [0.1, 0.15) is 0 Å². The molecular formula is C15H27N3S. The second-order valence-electron chi connectivity index (χ2n) is 5.07. The summed E-state index contributed by atoms with van der Waals surface area (Å²) in [6.07, 6.45) is 6.14. The molecule has 0 saturated carbocycles. The third kappa shape index (κ3) is 4.79. The summed E-state index contributed by atoms with van der Waals surface area (Å²) in [6, 6.07) is 6.90. The molecule has 1 aromatic heterocycles. The van der Waals surface area contributed by atoms with Crippen molar-refractivity contribution in [1.82, 2.24) is 9.88 Å². The topological polar surface area (TPSA) is 42.1 Å². The standard InChI is InChI=1S/C15H27N3S/c1-5-13(16)15(14-8-6-7-10-17-14)18(3)12(2)9-11-19-4/h6-8,10,12-13,15H,5,9,11,16H2,1-4H3. The van der Waals surface area contributed by atoms with Crippen LogP contribution in [0.1, 0.15) is 38.4 Å². The highest BCUT2D eigenvalue weighted by Gasteiger charge is 2.27. The Morgan fingerprint density at radius 2 is 2.16 bits per heavy atom. The van der Waals surface area contributed by atoms with Crippen LogP contribution in [-0.4, -0.2) is 41.0 Å². The summed E-state index contributed by atoms with van der Waals surface area (Å²) in [6.45, 7) is 4.41. The van der Waals surface area contributed by atoms with Gasteiger partial charge in [-0.25, -0.2) is 0 Å². The molecule has 108 valence electrons. The zero-order valence-corrected chi connectivity index (χ0v) is 13.4. The molecule has 0 aromatic carbocycles. The van der Waals surface area contributed by atoms with Gasteiger partial charge in [-0.1, -0.05) is 13.0 Å². The van der Waals surface area contributed by atoms with Gasteiger partial charge in [0.2, 0.25) is 0 Å². The van der Waals surface area contributed by atoms with Gasteiger partial charge in [0.25, 0.3) is 0 Å². The minimum atomic E-state index is 0.122. The zero-order valence-electron chi connectivity index (χ0n) is 12.5. The Kier molecular flexibility index (Phi) is 7.42. The molecule has 1 rings (SSSR count). The van der Waals surface area contributed by atoms with E-state index in [0.29, 0.717) is 6.04 Å². The van der Waals surface area contributed by atoms with E-state index in [-0.39, 0.29) is 12.1 Å². The highest BCUT2D eigenvalue weighted by atomic mass is 32.2. The molecule has 2 N–H and O–H groups in total. The summed E-state index contributed by atoms with van der Waals surface area (Å²) in [5.74, 6) is 1.18. The van der Waals surface area contributed by atoms with E-state index in [2.05, 4.69) is 43.1 Å². The molecular weight excluding hydrogens is 254 g/mol. The Bertz CT molecular complexity index is 345. The third-order valence-electron chi connectivity index (χ3n) is 3.74. The number of nitrogens with two attached hydrogens (primary N) is 1. The summed E-state index contributed by atoms with van der Waals surface area (Å²) in [5.41, 5.74) is 7.41. The highest BCUT2D eigenvalue weighted by Crippen LogP contribution is 2.25. The lowest BCUT2D eigenvalue weighted by atomic mass is 9.99. The minimum Gasteiger partial charge on any atom is -0.326 e. The Morgan fingerprint density at radius 1 is 1.42 bits per heavy atom. The van der Waals surface area contributed by atoms with E-state index in [4.69, 9.17) is 5.73 Å². The van der Waals surface area contributed by atoms with Crippen LogP contribution < -0.4 is 5.73 Å². The molecule has 1 heterocycles. The average molecular weight is 281 g/mol. The number of aromatic nitrogens is 1. The quantitative estimate of drug-likeness (QED) is 0.795. The first-order valence-electron chi connectivity index (χ1n) is 6.99. The van der Waals surface area contributed by atoms with Crippen molar-refractivity contribution in [2.45, 2.75) is 44.8 Å². The normalized spacial score (nSPS) is 16.3. The molecule has 0 saturated heterocycles. The summed E-state index contributed by atoms with van der Waals surface area (Å²) in [4.78, 5) is 6.89. The fourth-order valence-electron chi connectivity index (χ4n) is 2.27. The van der Waals surface area contributed by atoms with E-state index in [1.165, 1.54) is 12.2 Å². The molecule has 0 aliphatic heterocycles. The lowest BCUT2D eigenvalue weighted by molar-refractivity contribution is 0.152. The van der Waals surface area contributed by atoms with Crippen LogP contribution in [0, 0.1) is 0 Å². The smallest absolute Gasteiger partial charge is 0.0673 e. The van der Waals surface area contributed by atoms with E-state index >= 15 is 0 Å². The maximum Gasteiger partial charge on any atom is 0.0673 e. The van der Waals surface area contributed by atoms with Crippen LogP contribution in [-0.2, 0) is 0 Å². The van der Waals surface area contributed by atoms with Gasteiger partial charge in [0.05, 0.1) is 11.7 Å². The number of rotatable bonds is 8. The Balaban J connectivity index is 2.85. The summed E-state index contributed by atoms with van der Waals surface area (Å²) < 4.78 is 0. The first kappa shape index (κ1) is 16.5. The molecule has 3 atom stereocenters. The average Bonchev–Trinajstić information content (AvgIpc) is 2.45. The van der Waals surface area contributed by atoms with Gasteiger partial charge in [0, 0.05) is 18.3 Å². The van der Waals surface area contributed by atoms with Gasteiger partial charge in [-0.3, -0.25) is 9.88 Å². The summed E-state index contributed by atoms with van der Waals surface area (Å²) in [5, 5.41) is 0. The van der Waals surface area contributed by atoms with Crippen molar-refractivity contribution in [3.05, 3.63) is 30.1 Å². The molecule has 19 heavy (non-hydrogen) atoms. The Labute approximate surface area is 122 Å². The van der Waals surface area contributed by atoms with Crippen molar-refractivity contribution in [2.75, 3.05) is 19.1 Å². The molecule has 0 spiro atoms. The maximum absolute atomic E-state index is 6.33. The second-order valence-corrected chi connectivity index (χ2v) is 6.05. The number of hydrogen-bond acceptors (Lipinski definition) is 4. The van der Waals surface area contributed by atoms with Crippen molar-refractivity contribution in [3.8, 4) is 0 Å². The predicted molar refractivity (Wildman–Crippen MR) is 85.5 cm³/mol. The number of hydrogen-bond donors (Lipinski definition) is 1. The van der Waals surface area contributed by atoms with Gasteiger partial charge >= 0.3 is 0 Å². The van der Waals surface area contributed by atoms with Crippen LogP contribution in [0.25, 0.3) is 0 Å². The molecule has 0 aliphatic carbocycles. The van der Waals surface area contributed by atoms with Crippen molar-refractivity contribution < 1.29 is 0 Å². The van der Waals surface area contributed by atoms with Crippen molar-refractivity contribution in [2.24, 2.45) is 5.73 Å². The van der Waals surface area contributed by atoms with Crippen LogP contribution in [0.3, 0.4) is 0 Å². The molecule has 3 unspecified atom stereocenters. The van der Waals surface area contributed by atoms with E-state index in [1.807, 2.05) is 30.1 Å². The zero-order chi connectivity index (χ0) is 14.3. The first-order valence-corrected chi connectivity index (χ1v) is 8.38. The van der Waals surface area contributed by atoms with Gasteiger partial charge in [-0.15, -0.1) is 0 Å². The van der Waals surface area contributed by atoms with Crippen molar-refractivity contribution in [1.29, 1.82) is 0 Å². The van der Waals surface area contributed by atoms with E-state index < -0.39 is 0 Å². The van der Waals surface area contributed by atoms with E-state index in [1.54, 1.807) is 0 Å². The van der Waals surface area contributed by atoms with Crippen LogP contribution in [0.2, 0.25) is 0 Å². The molecule has 4 heteroatoms. The Hall–Kier alpha value is -0.580.